The van der Waals surface area contributed by atoms with Gasteiger partial charge in [-0.1, -0.05) is 0 Å². The highest BCUT2D eigenvalue weighted by atomic mass is 16.5. The number of ether oxygens (including phenoxy) is 1. The molecular weight excluding hydrogens is 166 g/mol. The second-order valence-corrected chi connectivity index (χ2v) is 3.54. The van der Waals surface area contributed by atoms with Crippen LogP contribution in [-0.4, -0.2) is 22.4 Å². The van der Waals surface area contributed by atoms with E-state index in [9.17, 15) is 0 Å². The molecule has 2 atom stereocenters. The third-order valence-electron chi connectivity index (χ3n) is 2.42. The molecule has 2 N–H and O–H groups in total. The number of hydrogen-bond acceptors (Lipinski definition) is 3. The summed E-state index contributed by atoms with van der Waals surface area (Å²) in [4.78, 5) is 0. The summed E-state index contributed by atoms with van der Waals surface area (Å²) in [5, 5.41) is 4.11. The second-order valence-electron chi connectivity index (χ2n) is 3.54. The van der Waals surface area contributed by atoms with Crippen LogP contribution in [0.3, 0.4) is 0 Å². The normalized spacial score (nSPS) is 29.1. The van der Waals surface area contributed by atoms with Gasteiger partial charge in [-0.15, -0.1) is 0 Å². The van der Waals surface area contributed by atoms with Crippen LogP contribution in [0.4, 0.5) is 0 Å². The molecule has 0 bridgehead atoms. The Bertz CT molecular complexity index is 284. The third-order valence-corrected chi connectivity index (χ3v) is 2.42. The standard InChI is InChI=1S/C9H15N3O/c1-12-6-7(5-11-12)9-8(10)3-2-4-13-9/h5-6,8-9H,2-4,10H2,1H3/t8-,9-/m1/s1. The summed E-state index contributed by atoms with van der Waals surface area (Å²) >= 11 is 0. The molecule has 0 aromatic carbocycles. The summed E-state index contributed by atoms with van der Waals surface area (Å²) in [5.74, 6) is 0. The van der Waals surface area contributed by atoms with Gasteiger partial charge in [-0.2, -0.15) is 5.10 Å². The fourth-order valence-electron chi connectivity index (χ4n) is 1.73. The minimum Gasteiger partial charge on any atom is -0.372 e. The monoisotopic (exact) mass is 181 g/mol. The molecule has 1 aromatic rings. The van der Waals surface area contributed by atoms with E-state index in [-0.39, 0.29) is 12.1 Å². The number of hydrogen-bond donors (Lipinski definition) is 1. The molecule has 1 aliphatic rings. The Labute approximate surface area is 77.7 Å². The molecule has 0 amide bonds. The first kappa shape index (κ1) is 8.72. The molecule has 0 spiro atoms. The summed E-state index contributed by atoms with van der Waals surface area (Å²) < 4.78 is 7.39. The van der Waals surface area contributed by atoms with Gasteiger partial charge in [0.1, 0.15) is 6.10 Å². The molecule has 0 radical (unpaired) electrons. The zero-order chi connectivity index (χ0) is 9.26. The van der Waals surface area contributed by atoms with Crippen LogP contribution in [0.1, 0.15) is 24.5 Å². The third kappa shape index (κ3) is 1.73. The summed E-state index contributed by atoms with van der Waals surface area (Å²) in [6.45, 7) is 0.813. The van der Waals surface area contributed by atoms with Crippen LogP contribution in [0.25, 0.3) is 0 Å². The van der Waals surface area contributed by atoms with Gasteiger partial charge in [-0.3, -0.25) is 4.68 Å². The van der Waals surface area contributed by atoms with E-state index < -0.39 is 0 Å². The van der Waals surface area contributed by atoms with Crippen molar-refractivity contribution in [2.45, 2.75) is 25.0 Å². The molecule has 4 nitrogen and oxygen atoms in total. The lowest BCUT2D eigenvalue weighted by molar-refractivity contribution is 0.000107. The molecule has 4 heteroatoms. The van der Waals surface area contributed by atoms with Gasteiger partial charge in [-0.05, 0) is 12.8 Å². The van der Waals surface area contributed by atoms with Crippen molar-refractivity contribution in [1.82, 2.24) is 9.78 Å². The van der Waals surface area contributed by atoms with E-state index >= 15 is 0 Å². The van der Waals surface area contributed by atoms with Crippen molar-refractivity contribution in [2.75, 3.05) is 6.61 Å². The molecule has 0 unspecified atom stereocenters. The number of aromatic nitrogens is 2. The van der Waals surface area contributed by atoms with Crippen LogP contribution in [0.5, 0.6) is 0 Å². The smallest absolute Gasteiger partial charge is 0.101 e. The molecule has 2 heterocycles. The lowest BCUT2D eigenvalue weighted by atomic mass is 9.99. The summed E-state index contributed by atoms with van der Waals surface area (Å²) in [5.41, 5.74) is 7.05. The first-order valence-electron chi connectivity index (χ1n) is 4.63. The van der Waals surface area contributed by atoms with Crippen LogP contribution in [0.15, 0.2) is 12.4 Å². The first-order valence-corrected chi connectivity index (χ1v) is 4.63. The molecule has 1 aromatic heterocycles. The van der Waals surface area contributed by atoms with Crippen LogP contribution in [0.2, 0.25) is 0 Å². The number of nitrogens with two attached hydrogens (primary N) is 1. The zero-order valence-corrected chi connectivity index (χ0v) is 7.81. The van der Waals surface area contributed by atoms with Gasteiger partial charge < -0.3 is 10.5 Å². The number of rotatable bonds is 1. The summed E-state index contributed by atoms with van der Waals surface area (Å²) in [7, 11) is 1.90. The maximum absolute atomic E-state index is 5.96. The van der Waals surface area contributed by atoms with Gasteiger partial charge in [0.25, 0.3) is 0 Å². The average Bonchev–Trinajstić information content (AvgIpc) is 2.53. The SMILES string of the molecule is Cn1cc([C@H]2OCCC[C@H]2N)cn1. The number of aryl methyl sites for hydroxylation is 1. The van der Waals surface area contributed by atoms with Crippen LogP contribution in [0, 0.1) is 0 Å². The van der Waals surface area contributed by atoms with E-state index in [1.165, 1.54) is 0 Å². The highest BCUT2D eigenvalue weighted by molar-refractivity contribution is 5.11. The molecule has 0 saturated carbocycles. The molecule has 13 heavy (non-hydrogen) atoms. The predicted octanol–water partition coefficient (Wildman–Crippen LogP) is 0.599. The molecule has 1 saturated heterocycles. The van der Waals surface area contributed by atoms with E-state index in [1.54, 1.807) is 4.68 Å². The minimum atomic E-state index is 0.0439. The Morgan fingerprint density at radius 1 is 1.69 bits per heavy atom. The Morgan fingerprint density at radius 3 is 3.15 bits per heavy atom. The van der Waals surface area contributed by atoms with Crippen molar-refractivity contribution >= 4 is 0 Å². The highest BCUT2D eigenvalue weighted by Crippen LogP contribution is 2.26. The molecule has 1 aliphatic heterocycles. The van der Waals surface area contributed by atoms with E-state index in [1.807, 2.05) is 19.4 Å². The molecular formula is C9H15N3O. The van der Waals surface area contributed by atoms with E-state index in [4.69, 9.17) is 10.5 Å². The molecule has 2 rings (SSSR count). The van der Waals surface area contributed by atoms with Crippen molar-refractivity contribution in [3.05, 3.63) is 18.0 Å². The molecule has 72 valence electrons. The maximum Gasteiger partial charge on any atom is 0.101 e. The van der Waals surface area contributed by atoms with Gasteiger partial charge in [0.05, 0.1) is 6.20 Å². The molecule has 1 fully saturated rings. The van der Waals surface area contributed by atoms with Crippen molar-refractivity contribution in [3.8, 4) is 0 Å². The van der Waals surface area contributed by atoms with Gasteiger partial charge >= 0.3 is 0 Å². The van der Waals surface area contributed by atoms with Gasteiger partial charge in [0, 0.05) is 31.5 Å². The maximum atomic E-state index is 5.96. The zero-order valence-electron chi connectivity index (χ0n) is 7.81. The summed E-state index contributed by atoms with van der Waals surface area (Å²) in [6.07, 6.45) is 5.95. The highest BCUT2D eigenvalue weighted by Gasteiger charge is 2.24. The fraction of sp³-hybridized carbons (Fsp3) is 0.667. The Kier molecular flexibility index (Phi) is 2.33. The van der Waals surface area contributed by atoms with Crippen molar-refractivity contribution in [3.63, 3.8) is 0 Å². The summed E-state index contributed by atoms with van der Waals surface area (Å²) in [6, 6.07) is 0.123. The number of nitrogens with zero attached hydrogens (tertiary/aromatic N) is 2. The lowest BCUT2D eigenvalue weighted by Gasteiger charge is -2.27. The first-order chi connectivity index (χ1) is 6.27. The van der Waals surface area contributed by atoms with Crippen LogP contribution >= 0.6 is 0 Å². The fourth-order valence-corrected chi connectivity index (χ4v) is 1.73. The van der Waals surface area contributed by atoms with Crippen molar-refractivity contribution in [1.29, 1.82) is 0 Å². The lowest BCUT2D eigenvalue weighted by Crippen LogP contribution is -2.34. The van der Waals surface area contributed by atoms with Gasteiger partial charge in [-0.25, -0.2) is 0 Å². The second kappa shape index (κ2) is 3.47. The topological polar surface area (TPSA) is 53.1 Å². The molecule has 0 aliphatic carbocycles. The quantitative estimate of drug-likeness (QED) is 0.690. The van der Waals surface area contributed by atoms with Gasteiger partial charge in [0.15, 0.2) is 0 Å². The van der Waals surface area contributed by atoms with Gasteiger partial charge in [0.2, 0.25) is 0 Å². The average molecular weight is 181 g/mol. The van der Waals surface area contributed by atoms with Crippen LogP contribution < -0.4 is 5.73 Å². The van der Waals surface area contributed by atoms with E-state index in [2.05, 4.69) is 5.10 Å². The Hall–Kier alpha value is -0.870. The minimum absolute atomic E-state index is 0.0439. The van der Waals surface area contributed by atoms with E-state index in [0.29, 0.717) is 0 Å². The van der Waals surface area contributed by atoms with E-state index in [0.717, 1.165) is 25.0 Å². The Morgan fingerprint density at radius 2 is 2.54 bits per heavy atom. The van der Waals surface area contributed by atoms with Crippen molar-refractivity contribution in [2.24, 2.45) is 12.8 Å². The van der Waals surface area contributed by atoms with Crippen molar-refractivity contribution < 1.29 is 4.74 Å². The predicted molar refractivity (Wildman–Crippen MR) is 49.1 cm³/mol. The van der Waals surface area contributed by atoms with Crippen LogP contribution in [-0.2, 0) is 11.8 Å². The largest absolute Gasteiger partial charge is 0.372 e. The Balaban J connectivity index is 2.14.